The van der Waals surface area contributed by atoms with Gasteiger partial charge in [0.2, 0.25) is 5.76 Å². The number of amides is 1. The Labute approximate surface area is 122 Å². The topological polar surface area (TPSA) is 49.6 Å². The Hall–Kier alpha value is -2.37. The molecular formula is C15H16FN3O2. The number of anilines is 1. The number of hydrogen-bond donors (Lipinski definition) is 0. The van der Waals surface area contributed by atoms with Gasteiger partial charge in [-0.2, -0.15) is 0 Å². The highest BCUT2D eigenvalue weighted by Gasteiger charge is 2.24. The molecule has 0 radical (unpaired) electrons. The van der Waals surface area contributed by atoms with Crippen LogP contribution in [0.25, 0.3) is 0 Å². The minimum Gasteiger partial charge on any atom is -0.436 e. The second-order valence-electron chi connectivity index (χ2n) is 5.00. The van der Waals surface area contributed by atoms with Crippen LogP contribution in [0.4, 0.5) is 10.1 Å². The fraction of sp³-hybridized carbons (Fsp3) is 0.333. The van der Waals surface area contributed by atoms with Crippen molar-refractivity contribution in [1.29, 1.82) is 0 Å². The maximum absolute atomic E-state index is 12.9. The molecule has 2 aromatic rings. The predicted molar refractivity (Wildman–Crippen MR) is 75.8 cm³/mol. The molecule has 0 unspecified atom stereocenters. The Kier molecular flexibility index (Phi) is 3.60. The summed E-state index contributed by atoms with van der Waals surface area (Å²) < 4.78 is 18.2. The van der Waals surface area contributed by atoms with E-state index in [1.807, 2.05) is 0 Å². The average Bonchev–Trinajstić information content (AvgIpc) is 2.94. The molecule has 2 heterocycles. The fourth-order valence-electron chi connectivity index (χ4n) is 2.44. The number of hydrogen-bond acceptors (Lipinski definition) is 4. The first-order valence-corrected chi connectivity index (χ1v) is 6.86. The lowest BCUT2D eigenvalue weighted by molar-refractivity contribution is 0.0713. The molecule has 5 nitrogen and oxygen atoms in total. The van der Waals surface area contributed by atoms with Gasteiger partial charge in [0.1, 0.15) is 5.82 Å². The molecule has 1 aliphatic rings. The first-order valence-electron chi connectivity index (χ1n) is 6.86. The monoisotopic (exact) mass is 289 g/mol. The Morgan fingerprint density at radius 1 is 1.19 bits per heavy atom. The van der Waals surface area contributed by atoms with Gasteiger partial charge in [0.15, 0.2) is 5.89 Å². The molecule has 3 rings (SSSR count). The van der Waals surface area contributed by atoms with Crippen LogP contribution in [0.15, 0.2) is 34.9 Å². The molecule has 0 bridgehead atoms. The molecule has 110 valence electrons. The van der Waals surface area contributed by atoms with Gasteiger partial charge < -0.3 is 14.2 Å². The fourth-order valence-corrected chi connectivity index (χ4v) is 2.44. The quantitative estimate of drug-likeness (QED) is 0.849. The standard InChI is InChI=1S/C15H16FN3O2/c1-11-17-10-14(21-11)15(20)19-8-6-18(7-9-19)13-4-2-12(16)3-5-13/h2-5,10H,6-9H2,1H3. The minimum absolute atomic E-state index is 0.130. The smallest absolute Gasteiger partial charge is 0.291 e. The molecule has 1 amide bonds. The van der Waals surface area contributed by atoms with Crippen molar-refractivity contribution in [2.24, 2.45) is 0 Å². The number of aromatic nitrogens is 1. The summed E-state index contributed by atoms with van der Waals surface area (Å²) in [5.74, 6) is 0.397. The lowest BCUT2D eigenvalue weighted by Crippen LogP contribution is -2.48. The van der Waals surface area contributed by atoms with Crippen LogP contribution in [0.2, 0.25) is 0 Å². The van der Waals surface area contributed by atoms with E-state index in [0.717, 1.165) is 5.69 Å². The molecule has 0 atom stereocenters. The molecule has 1 aromatic carbocycles. The van der Waals surface area contributed by atoms with E-state index < -0.39 is 0 Å². The summed E-state index contributed by atoms with van der Waals surface area (Å²) in [6.07, 6.45) is 1.46. The van der Waals surface area contributed by atoms with Crippen molar-refractivity contribution in [3.63, 3.8) is 0 Å². The maximum atomic E-state index is 12.9. The molecular weight excluding hydrogens is 273 g/mol. The van der Waals surface area contributed by atoms with Crippen LogP contribution in [-0.2, 0) is 0 Å². The van der Waals surface area contributed by atoms with E-state index in [2.05, 4.69) is 9.88 Å². The van der Waals surface area contributed by atoms with Gasteiger partial charge in [-0.25, -0.2) is 9.37 Å². The zero-order valence-electron chi connectivity index (χ0n) is 11.8. The molecule has 21 heavy (non-hydrogen) atoms. The Morgan fingerprint density at radius 3 is 2.43 bits per heavy atom. The van der Waals surface area contributed by atoms with Gasteiger partial charge in [0.05, 0.1) is 6.20 Å². The van der Waals surface area contributed by atoms with E-state index in [-0.39, 0.29) is 17.5 Å². The highest BCUT2D eigenvalue weighted by molar-refractivity contribution is 5.91. The number of carbonyl (C=O) groups is 1. The number of carbonyl (C=O) groups excluding carboxylic acids is 1. The van der Waals surface area contributed by atoms with Crippen LogP contribution >= 0.6 is 0 Å². The van der Waals surface area contributed by atoms with E-state index >= 15 is 0 Å². The normalized spacial score (nSPS) is 15.3. The van der Waals surface area contributed by atoms with Crippen molar-refractivity contribution in [2.75, 3.05) is 31.1 Å². The number of aryl methyl sites for hydroxylation is 1. The number of oxazole rings is 1. The molecule has 1 fully saturated rings. The van der Waals surface area contributed by atoms with E-state index in [9.17, 15) is 9.18 Å². The first-order chi connectivity index (χ1) is 10.1. The largest absolute Gasteiger partial charge is 0.436 e. The molecule has 1 saturated heterocycles. The van der Waals surface area contributed by atoms with Gasteiger partial charge in [0.25, 0.3) is 5.91 Å². The van der Waals surface area contributed by atoms with Gasteiger partial charge >= 0.3 is 0 Å². The molecule has 0 aliphatic carbocycles. The van der Waals surface area contributed by atoms with E-state index in [1.54, 1.807) is 24.0 Å². The zero-order chi connectivity index (χ0) is 14.8. The molecule has 1 aromatic heterocycles. The number of halogens is 1. The van der Waals surface area contributed by atoms with Crippen molar-refractivity contribution in [3.05, 3.63) is 47.9 Å². The van der Waals surface area contributed by atoms with Crippen LogP contribution in [0.5, 0.6) is 0 Å². The van der Waals surface area contributed by atoms with Gasteiger partial charge in [-0.05, 0) is 24.3 Å². The lowest BCUT2D eigenvalue weighted by atomic mass is 10.2. The first kappa shape index (κ1) is 13.6. The molecule has 0 N–H and O–H groups in total. The summed E-state index contributed by atoms with van der Waals surface area (Å²) in [4.78, 5) is 20.1. The van der Waals surface area contributed by atoms with Crippen LogP contribution in [0.3, 0.4) is 0 Å². The third kappa shape index (κ3) is 2.89. The summed E-state index contributed by atoms with van der Waals surface area (Å²) in [5, 5.41) is 0. The second kappa shape index (κ2) is 5.55. The van der Waals surface area contributed by atoms with E-state index in [4.69, 9.17) is 4.42 Å². The SMILES string of the molecule is Cc1ncc(C(=O)N2CCN(c3ccc(F)cc3)CC2)o1. The van der Waals surface area contributed by atoms with Crippen LogP contribution in [-0.4, -0.2) is 42.0 Å². The van der Waals surface area contributed by atoms with Gasteiger partial charge in [0, 0.05) is 38.8 Å². The van der Waals surface area contributed by atoms with Crippen LogP contribution in [0.1, 0.15) is 16.4 Å². The van der Waals surface area contributed by atoms with Crippen molar-refractivity contribution in [3.8, 4) is 0 Å². The van der Waals surface area contributed by atoms with Crippen LogP contribution < -0.4 is 4.90 Å². The van der Waals surface area contributed by atoms with Crippen molar-refractivity contribution >= 4 is 11.6 Å². The van der Waals surface area contributed by atoms with Gasteiger partial charge in [-0.1, -0.05) is 0 Å². The number of piperazine rings is 1. The lowest BCUT2D eigenvalue weighted by Gasteiger charge is -2.35. The third-order valence-electron chi connectivity index (χ3n) is 3.59. The third-order valence-corrected chi connectivity index (χ3v) is 3.59. The maximum Gasteiger partial charge on any atom is 0.291 e. The Morgan fingerprint density at radius 2 is 1.86 bits per heavy atom. The van der Waals surface area contributed by atoms with E-state index in [1.165, 1.54) is 18.3 Å². The molecule has 0 saturated carbocycles. The Balaban J connectivity index is 1.62. The predicted octanol–water partition coefficient (Wildman–Crippen LogP) is 2.08. The van der Waals surface area contributed by atoms with Gasteiger partial charge in [-0.3, -0.25) is 4.79 Å². The highest BCUT2D eigenvalue weighted by Crippen LogP contribution is 2.18. The minimum atomic E-state index is -0.242. The van der Waals surface area contributed by atoms with E-state index in [0.29, 0.717) is 32.1 Å². The summed E-state index contributed by atoms with van der Waals surface area (Å²) in [6, 6.07) is 6.41. The number of nitrogens with zero attached hydrogens (tertiary/aromatic N) is 3. The summed E-state index contributed by atoms with van der Waals surface area (Å²) in [6.45, 7) is 4.35. The van der Waals surface area contributed by atoms with Crippen LogP contribution in [0, 0.1) is 12.7 Å². The molecule has 1 aliphatic heterocycles. The molecule has 6 heteroatoms. The zero-order valence-corrected chi connectivity index (χ0v) is 11.8. The Bertz CT molecular complexity index is 631. The summed E-state index contributed by atoms with van der Waals surface area (Å²) >= 11 is 0. The number of rotatable bonds is 2. The highest BCUT2D eigenvalue weighted by atomic mass is 19.1. The van der Waals surface area contributed by atoms with Gasteiger partial charge in [-0.15, -0.1) is 0 Å². The van der Waals surface area contributed by atoms with Crippen molar-refractivity contribution < 1.29 is 13.6 Å². The molecule has 0 spiro atoms. The summed E-state index contributed by atoms with van der Waals surface area (Å²) in [5.41, 5.74) is 0.971. The average molecular weight is 289 g/mol. The second-order valence-corrected chi connectivity index (χ2v) is 5.00. The van der Waals surface area contributed by atoms with Crippen molar-refractivity contribution in [1.82, 2.24) is 9.88 Å². The number of benzene rings is 1. The van der Waals surface area contributed by atoms with Crippen molar-refractivity contribution in [2.45, 2.75) is 6.92 Å². The summed E-state index contributed by atoms with van der Waals surface area (Å²) in [7, 11) is 0.